The van der Waals surface area contributed by atoms with Crippen molar-refractivity contribution in [3.8, 4) is 10.6 Å². The Morgan fingerprint density at radius 1 is 1.21 bits per heavy atom. The van der Waals surface area contributed by atoms with Crippen LogP contribution in [0.2, 0.25) is 0 Å². The molecule has 0 bridgehead atoms. The molecule has 0 saturated heterocycles. The second-order valence-electron chi connectivity index (χ2n) is 3.97. The lowest BCUT2D eigenvalue weighted by atomic mass is 10.1. The van der Waals surface area contributed by atoms with E-state index >= 15 is 0 Å². The second kappa shape index (κ2) is 3.99. The molecule has 0 aliphatic carbocycles. The topological polar surface area (TPSA) is 52.0 Å². The molecule has 19 heavy (non-hydrogen) atoms. The summed E-state index contributed by atoms with van der Waals surface area (Å²) in [7, 11) is 0. The van der Waals surface area contributed by atoms with Gasteiger partial charge in [0.25, 0.3) is 0 Å². The number of fused-ring (bicyclic) bond motifs is 1. The minimum absolute atomic E-state index is 0.364. The van der Waals surface area contributed by atoms with Crippen LogP contribution in [-0.2, 0) is 6.18 Å². The summed E-state index contributed by atoms with van der Waals surface area (Å²) in [6, 6.07) is 5.24. The van der Waals surface area contributed by atoms with Crippen LogP contribution in [0.5, 0.6) is 0 Å². The Kier molecular flexibility index (Phi) is 2.53. The van der Waals surface area contributed by atoms with E-state index in [1.165, 1.54) is 23.6 Å². The fourth-order valence-electron chi connectivity index (χ4n) is 1.77. The van der Waals surface area contributed by atoms with Gasteiger partial charge in [-0.3, -0.25) is 0 Å². The van der Waals surface area contributed by atoms with Crippen LogP contribution in [0.4, 0.5) is 18.9 Å². The zero-order chi connectivity index (χ0) is 13.6. The van der Waals surface area contributed by atoms with Gasteiger partial charge in [0.1, 0.15) is 5.69 Å². The smallest absolute Gasteiger partial charge is 0.394 e. The average molecular weight is 284 g/mol. The summed E-state index contributed by atoms with van der Waals surface area (Å²) in [5.41, 5.74) is 5.36. The Hall–Kier alpha value is -2.02. The van der Waals surface area contributed by atoms with Crippen molar-refractivity contribution in [2.75, 3.05) is 5.73 Å². The molecule has 2 aromatic heterocycles. The van der Waals surface area contributed by atoms with Gasteiger partial charge in [-0.05, 0) is 29.7 Å². The number of thiophene rings is 1. The summed E-state index contributed by atoms with van der Waals surface area (Å²) >= 11 is 1.31. The first-order valence-corrected chi connectivity index (χ1v) is 6.08. The lowest BCUT2D eigenvalue weighted by molar-refractivity contribution is -0.137. The van der Waals surface area contributed by atoms with Gasteiger partial charge in [-0.25, -0.2) is 0 Å². The lowest BCUT2D eigenvalue weighted by Gasteiger charge is -2.05. The Bertz CT molecular complexity index is 745. The molecule has 2 N–H and O–H groups in total. The van der Waals surface area contributed by atoms with E-state index in [4.69, 9.17) is 10.3 Å². The van der Waals surface area contributed by atoms with Crippen molar-refractivity contribution in [2.24, 2.45) is 0 Å². The third-order valence-corrected chi connectivity index (χ3v) is 3.78. The number of nitrogen functional groups attached to an aromatic ring is 1. The Balaban J connectivity index is 2.14. The molecule has 0 atom stereocenters. The number of rotatable bonds is 1. The number of anilines is 1. The zero-order valence-electron chi connectivity index (χ0n) is 9.36. The van der Waals surface area contributed by atoms with Gasteiger partial charge >= 0.3 is 6.18 Å². The lowest BCUT2D eigenvalue weighted by Crippen LogP contribution is -2.03. The van der Waals surface area contributed by atoms with E-state index in [-0.39, 0.29) is 0 Å². The standard InChI is InChI=1S/C12H7F3N2OS/c13-12(14,15)7-1-2-9-6(3-7)4-10(19-9)11-8(16)5-17-18-11/h1-5H,16H2. The predicted molar refractivity (Wildman–Crippen MR) is 66.7 cm³/mol. The highest BCUT2D eigenvalue weighted by atomic mass is 32.1. The van der Waals surface area contributed by atoms with Crippen molar-refractivity contribution in [2.45, 2.75) is 6.18 Å². The maximum Gasteiger partial charge on any atom is 0.416 e. The van der Waals surface area contributed by atoms with Crippen LogP contribution in [0.15, 0.2) is 35.0 Å². The third-order valence-electron chi connectivity index (χ3n) is 2.67. The highest BCUT2D eigenvalue weighted by Gasteiger charge is 2.30. The van der Waals surface area contributed by atoms with Crippen molar-refractivity contribution in [1.29, 1.82) is 0 Å². The molecule has 0 amide bonds. The molecule has 3 aromatic rings. The summed E-state index contributed by atoms with van der Waals surface area (Å²) in [6.07, 6.45) is -2.98. The number of benzene rings is 1. The molecule has 0 unspecified atom stereocenters. The SMILES string of the molecule is Nc1cnoc1-c1cc2cc(C(F)(F)F)ccc2s1. The van der Waals surface area contributed by atoms with E-state index in [9.17, 15) is 13.2 Å². The maximum atomic E-state index is 12.6. The molecular formula is C12H7F3N2OS. The normalized spacial score (nSPS) is 12.2. The predicted octanol–water partition coefficient (Wildman–Crippen LogP) is 4.16. The largest absolute Gasteiger partial charge is 0.416 e. The van der Waals surface area contributed by atoms with Crippen molar-refractivity contribution < 1.29 is 17.7 Å². The van der Waals surface area contributed by atoms with E-state index in [1.807, 2.05) is 0 Å². The molecule has 0 fully saturated rings. The molecule has 0 aliphatic rings. The van der Waals surface area contributed by atoms with Crippen LogP contribution in [0, 0.1) is 0 Å². The summed E-state index contributed by atoms with van der Waals surface area (Å²) in [5.74, 6) is 0.384. The van der Waals surface area contributed by atoms with E-state index in [1.54, 1.807) is 6.07 Å². The van der Waals surface area contributed by atoms with Crippen LogP contribution in [0.3, 0.4) is 0 Å². The van der Waals surface area contributed by atoms with Crippen LogP contribution < -0.4 is 5.73 Å². The van der Waals surface area contributed by atoms with Crippen LogP contribution >= 0.6 is 11.3 Å². The van der Waals surface area contributed by atoms with Crippen LogP contribution in [-0.4, -0.2) is 5.16 Å². The van der Waals surface area contributed by atoms with Gasteiger partial charge in [0.15, 0.2) is 5.76 Å². The maximum absolute atomic E-state index is 12.6. The summed E-state index contributed by atoms with van der Waals surface area (Å²) in [6.45, 7) is 0. The number of nitrogens with two attached hydrogens (primary N) is 1. The first kappa shape index (κ1) is 12.0. The van der Waals surface area contributed by atoms with Gasteiger partial charge in [0.05, 0.1) is 16.6 Å². The van der Waals surface area contributed by atoms with Crippen LogP contribution in [0.25, 0.3) is 20.7 Å². The Morgan fingerprint density at radius 3 is 2.63 bits per heavy atom. The molecular weight excluding hydrogens is 277 g/mol. The molecule has 3 rings (SSSR count). The number of hydrogen-bond acceptors (Lipinski definition) is 4. The van der Waals surface area contributed by atoms with Crippen LogP contribution in [0.1, 0.15) is 5.56 Å². The number of aromatic nitrogens is 1. The molecule has 2 heterocycles. The molecule has 1 aromatic carbocycles. The Labute approximate surface area is 109 Å². The first-order valence-electron chi connectivity index (χ1n) is 5.26. The monoisotopic (exact) mass is 284 g/mol. The highest BCUT2D eigenvalue weighted by Crippen LogP contribution is 2.38. The van der Waals surface area contributed by atoms with Gasteiger partial charge in [0, 0.05) is 4.70 Å². The average Bonchev–Trinajstić information content (AvgIpc) is 2.91. The first-order chi connectivity index (χ1) is 8.95. The van der Waals surface area contributed by atoms with E-state index in [2.05, 4.69) is 5.16 Å². The highest BCUT2D eigenvalue weighted by molar-refractivity contribution is 7.22. The molecule has 0 spiro atoms. The van der Waals surface area contributed by atoms with Gasteiger partial charge in [0.2, 0.25) is 0 Å². The van der Waals surface area contributed by atoms with Gasteiger partial charge in [-0.2, -0.15) is 13.2 Å². The second-order valence-corrected chi connectivity index (χ2v) is 5.06. The Morgan fingerprint density at radius 2 is 2.00 bits per heavy atom. The molecule has 98 valence electrons. The molecule has 3 nitrogen and oxygen atoms in total. The van der Waals surface area contributed by atoms with E-state index < -0.39 is 11.7 Å². The van der Waals surface area contributed by atoms with Crippen molar-refractivity contribution in [3.63, 3.8) is 0 Å². The minimum atomic E-state index is -4.35. The zero-order valence-corrected chi connectivity index (χ0v) is 10.2. The van der Waals surface area contributed by atoms with E-state index in [0.717, 1.165) is 16.8 Å². The van der Waals surface area contributed by atoms with E-state index in [0.29, 0.717) is 21.7 Å². The molecule has 0 radical (unpaired) electrons. The van der Waals surface area contributed by atoms with Crippen molar-refractivity contribution in [1.82, 2.24) is 5.16 Å². The van der Waals surface area contributed by atoms with Gasteiger partial charge in [-0.15, -0.1) is 11.3 Å². The summed E-state index contributed by atoms with van der Waals surface area (Å²) in [4.78, 5) is 0.657. The minimum Gasteiger partial charge on any atom is -0.394 e. The summed E-state index contributed by atoms with van der Waals surface area (Å²) < 4.78 is 43.6. The van der Waals surface area contributed by atoms with Gasteiger partial charge < -0.3 is 10.3 Å². The molecule has 0 aliphatic heterocycles. The quantitative estimate of drug-likeness (QED) is 0.730. The van der Waals surface area contributed by atoms with Gasteiger partial charge in [-0.1, -0.05) is 5.16 Å². The molecule has 7 heteroatoms. The fraction of sp³-hybridized carbons (Fsp3) is 0.0833. The number of hydrogen-bond donors (Lipinski definition) is 1. The number of nitrogens with zero attached hydrogens (tertiary/aromatic N) is 1. The fourth-order valence-corrected chi connectivity index (χ4v) is 2.81. The van der Waals surface area contributed by atoms with Crippen molar-refractivity contribution >= 4 is 27.1 Å². The third kappa shape index (κ3) is 2.06. The molecule has 0 saturated carbocycles. The number of halogens is 3. The number of alkyl halides is 3. The van der Waals surface area contributed by atoms with Crippen molar-refractivity contribution in [3.05, 3.63) is 36.0 Å². The summed E-state index contributed by atoms with van der Waals surface area (Å²) in [5, 5.41) is 4.06.